The second kappa shape index (κ2) is 11.4. The van der Waals surface area contributed by atoms with Gasteiger partial charge in [-0.15, -0.1) is 0 Å². The number of piperidine rings is 1. The molecule has 2 heterocycles. The molecule has 4 atom stereocenters. The molecule has 2 amide bonds. The molecule has 2 aliphatic heterocycles. The van der Waals surface area contributed by atoms with E-state index in [0.29, 0.717) is 24.0 Å². The van der Waals surface area contributed by atoms with Crippen LogP contribution in [0.3, 0.4) is 0 Å². The summed E-state index contributed by atoms with van der Waals surface area (Å²) in [5.41, 5.74) is 0.755. The molecule has 0 aromatic heterocycles. The minimum absolute atomic E-state index is 0.0809. The zero-order valence-electron chi connectivity index (χ0n) is 19.5. The first-order valence-corrected chi connectivity index (χ1v) is 12.9. The predicted octanol–water partition coefficient (Wildman–Crippen LogP) is 4.14. The van der Waals surface area contributed by atoms with Crippen LogP contribution in [0.5, 0.6) is 0 Å². The van der Waals surface area contributed by atoms with Crippen LogP contribution in [0, 0.1) is 5.92 Å². The molecule has 0 radical (unpaired) electrons. The van der Waals surface area contributed by atoms with E-state index in [-0.39, 0.29) is 35.6 Å². The van der Waals surface area contributed by atoms with Gasteiger partial charge in [0.25, 0.3) is 5.91 Å². The number of hydrogen-bond donors (Lipinski definition) is 2. The lowest BCUT2D eigenvalue weighted by atomic mass is 9.82. The Balaban J connectivity index is 1.23. The number of morpholine rings is 1. The molecule has 2 saturated heterocycles. The topological polar surface area (TPSA) is 70.7 Å². The number of likely N-dealkylation sites (tertiary alicyclic amines) is 1. The van der Waals surface area contributed by atoms with Gasteiger partial charge < -0.3 is 20.3 Å². The third kappa shape index (κ3) is 6.10. The Labute approximate surface area is 202 Å². The Kier molecular flexibility index (Phi) is 8.31. The molecule has 0 spiro atoms. The number of carbonyl (C=O) groups excluding carboxylic acids is 2. The summed E-state index contributed by atoms with van der Waals surface area (Å²) in [4.78, 5) is 28.0. The van der Waals surface area contributed by atoms with Crippen LogP contribution < -0.4 is 10.6 Å². The van der Waals surface area contributed by atoms with Crippen LogP contribution in [0.4, 0.5) is 0 Å². The number of rotatable bonds is 7. The van der Waals surface area contributed by atoms with Crippen molar-refractivity contribution in [2.24, 2.45) is 5.92 Å². The van der Waals surface area contributed by atoms with E-state index in [1.54, 1.807) is 12.1 Å². The average molecular weight is 474 g/mol. The number of fused-ring (bicyclic) bond motifs is 1. The van der Waals surface area contributed by atoms with Gasteiger partial charge >= 0.3 is 0 Å². The normalized spacial score (nSPS) is 29.2. The lowest BCUT2D eigenvalue weighted by molar-refractivity contribution is -0.134. The van der Waals surface area contributed by atoms with Crippen molar-refractivity contribution in [1.82, 2.24) is 15.5 Å². The third-order valence-electron chi connectivity index (χ3n) is 7.31. The second-order valence-corrected chi connectivity index (χ2v) is 9.92. The Morgan fingerprint density at radius 3 is 2.94 bits per heavy atom. The van der Waals surface area contributed by atoms with E-state index in [1.807, 2.05) is 18.2 Å². The molecular weight excluding hydrogens is 438 g/mol. The number of nitrogens with one attached hydrogen (secondary N) is 2. The largest absolute Gasteiger partial charge is 0.483 e. The van der Waals surface area contributed by atoms with Gasteiger partial charge in [-0.25, -0.2) is 0 Å². The maximum absolute atomic E-state index is 12.8. The Morgan fingerprint density at radius 1 is 1.27 bits per heavy atom. The number of carbonyl (C=O) groups is 2. The van der Waals surface area contributed by atoms with Gasteiger partial charge in [0.2, 0.25) is 5.91 Å². The number of nitrogens with zero attached hydrogens (tertiary/aromatic N) is 1. The van der Waals surface area contributed by atoms with Gasteiger partial charge in [-0.2, -0.15) is 0 Å². The lowest BCUT2D eigenvalue weighted by Crippen LogP contribution is -2.54. The van der Waals surface area contributed by atoms with Crippen molar-refractivity contribution < 1.29 is 14.3 Å². The van der Waals surface area contributed by atoms with Gasteiger partial charge in [-0.05, 0) is 69.2 Å². The van der Waals surface area contributed by atoms with Crippen molar-refractivity contribution in [3.63, 3.8) is 0 Å². The molecule has 6 nitrogen and oxygen atoms in total. The second-order valence-electron chi connectivity index (χ2n) is 9.51. The molecule has 2 N–H and O–H groups in total. The third-order valence-corrected chi connectivity index (χ3v) is 7.65. The fourth-order valence-corrected chi connectivity index (χ4v) is 5.61. The van der Waals surface area contributed by atoms with Gasteiger partial charge in [-0.1, -0.05) is 43.1 Å². The summed E-state index contributed by atoms with van der Waals surface area (Å²) >= 11 is 6.21. The molecule has 3 aliphatic rings. The molecular formula is C26H36ClN3O3. The van der Waals surface area contributed by atoms with E-state index in [2.05, 4.69) is 22.5 Å². The van der Waals surface area contributed by atoms with Crippen LogP contribution in [-0.4, -0.2) is 54.5 Å². The molecule has 4 unspecified atom stereocenters. The van der Waals surface area contributed by atoms with Crippen molar-refractivity contribution in [1.29, 1.82) is 0 Å². The van der Waals surface area contributed by atoms with E-state index < -0.39 is 0 Å². The van der Waals surface area contributed by atoms with Crippen molar-refractivity contribution >= 4 is 29.5 Å². The Bertz CT molecular complexity index is 874. The van der Waals surface area contributed by atoms with Crippen molar-refractivity contribution in [2.45, 2.75) is 76.5 Å². The van der Waals surface area contributed by atoms with Crippen LogP contribution in [0.25, 0.3) is 6.08 Å². The summed E-state index contributed by atoms with van der Waals surface area (Å²) in [6.07, 6.45) is 9.84. The first-order chi connectivity index (χ1) is 16.0. The van der Waals surface area contributed by atoms with Crippen molar-refractivity contribution in [2.75, 3.05) is 19.6 Å². The number of amides is 2. The highest BCUT2D eigenvalue weighted by Crippen LogP contribution is 2.32. The highest BCUT2D eigenvalue weighted by molar-refractivity contribution is 6.32. The zero-order chi connectivity index (χ0) is 23.2. The summed E-state index contributed by atoms with van der Waals surface area (Å²) in [5.74, 6) is 0.0630. The van der Waals surface area contributed by atoms with Gasteiger partial charge in [-0.3, -0.25) is 9.59 Å². The predicted molar refractivity (Wildman–Crippen MR) is 131 cm³/mol. The maximum Gasteiger partial charge on any atom is 0.286 e. The number of hydrogen-bond acceptors (Lipinski definition) is 4. The summed E-state index contributed by atoms with van der Waals surface area (Å²) in [6.45, 7) is 5.22. The van der Waals surface area contributed by atoms with Crippen molar-refractivity contribution in [3.05, 3.63) is 40.6 Å². The quantitative estimate of drug-likeness (QED) is 0.461. The fourth-order valence-electron chi connectivity index (χ4n) is 5.42. The van der Waals surface area contributed by atoms with E-state index >= 15 is 0 Å². The molecule has 1 saturated carbocycles. The SMILES string of the molecule is CCC1CCCCN1CCCNC(=O)C1CCC2O/C(=C\c3ccccc3Cl)C(=O)NC2C1. The number of halogens is 1. The van der Waals surface area contributed by atoms with Crippen LogP contribution in [0.2, 0.25) is 5.02 Å². The maximum atomic E-state index is 12.8. The Morgan fingerprint density at radius 2 is 2.12 bits per heavy atom. The lowest BCUT2D eigenvalue weighted by Gasteiger charge is -2.39. The van der Waals surface area contributed by atoms with Crippen molar-refractivity contribution in [3.8, 4) is 0 Å². The smallest absolute Gasteiger partial charge is 0.286 e. The van der Waals surface area contributed by atoms with Crippen LogP contribution >= 0.6 is 11.6 Å². The monoisotopic (exact) mass is 473 g/mol. The number of ether oxygens (including phenoxy) is 1. The molecule has 33 heavy (non-hydrogen) atoms. The summed E-state index contributed by atoms with van der Waals surface area (Å²) < 4.78 is 6.03. The molecule has 1 aromatic rings. The average Bonchev–Trinajstić information content (AvgIpc) is 2.83. The minimum Gasteiger partial charge on any atom is -0.483 e. The van der Waals surface area contributed by atoms with Gasteiger partial charge in [0, 0.05) is 30.1 Å². The first-order valence-electron chi connectivity index (χ1n) is 12.5. The van der Waals surface area contributed by atoms with E-state index in [9.17, 15) is 9.59 Å². The highest BCUT2D eigenvalue weighted by atomic mass is 35.5. The molecule has 7 heteroatoms. The van der Waals surface area contributed by atoms with Gasteiger partial charge in [0.05, 0.1) is 6.04 Å². The fraction of sp³-hybridized carbons (Fsp3) is 0.615. The van der Waals surface area contributed by atoms with Gasteiger partial charge in [0.1, 0.15) is 6.10 Å². The summed E-state index contributed by atoms with van der Waals surface area (Å²) in [6, 6.07) is 7.94. The van der Waals surface area contributed by atoms with Crippen LogP contribution in [-0.2, 0) is 14.3 Å². The molecule has 180 valence electrons. The highest BCUT2D eigenvalue weighted by Gasteiger charge is 2.40. The molecule has 1 aliphatic carbocycles. The standard InChI is InChI=1S/C26H36ClN3O3/c1-2-20-9-5-6-14-30(20)15-7-13-28-25(31)19-11-12-23-22(16-19)29-26(32)24(33-23)17-18-8-3-4-10-21(18)27/h3-4,8,10,17,19-20,22-23H,2,5-7,9,11-16H2,1H3,(H,28,31)(H,29,32)/b24-17-. The number of benzene rings is 1. The van der Waals surface area contributed by atoms with Crippen LogP contribution in [0.1, 0.15) is 63.9 Å². The summed E-state index contributed by atoms with van der Waals surface area (Å²) in [7, 11) is 0. The molecule has 4 rings (SSSR count). The van der Waals surface area contributed by atoms with E-state index in [4.69, 9.17) is 16.3 Å². The molecule has 0 bridgehead atoms. The van der Waals surface area contributed by atoms with Gasteiger partial charge in [0.15, 0.2) is 5.76 Å². The summed E-state index contributed by atoms with van der Waals surface area (Å²) in [5, 5.41) is 6.76. The van der Waals surface area contributed by atoms with Crippen LogP contribution in [0.15, 0.2) is 30.0 Å². The van der Waals surface area contributed by atoms with E-state index in [1.165, 1.54) is 32.2 Å². The Hall–Kier alpha value is -2.05. The molecule has 1 aromatic carbocycles. The molecule has 3 fully saturated rings. The first kappa shape index (κ1) is 24.1. The zero-order valence-corrected chi connectivity index (χ0v) is 20.3. The minimum atomic E-state index is -0.246. The van der Waals surface area contributed by atoms with E-state index in [0.717, 1.165) is 31.4 Å².